The van der Waals surface area contributed by atoms with E-state index in [0.29, 0.717) is 17.1 Å². The smallest absolute Gasteiger partial charge is 0.345 e. The van der Waals surface area contributed by atoms with Crippen molar-refractivity contribution >= 4 is 5.97 Å². The van der Waals surface area contributed by atoms with Crippen LogP contribution in [0.3, 0.4) is 0 Å². The van der Waals surface area contributed by atoms with Crippen LogP contribution < -0.4 is 4.74 Å². The first-order valence-corrected chi connectivity index (χ1v) is 9.64. The molecule has 29 heavy (non-hydrogen) atoms. The monoisotopic (exact) mass is 395 g/mol. The van der Waals surface area contributed by atoms with Gasteiger partial charge in [-0.15, -0.1) is 0 Å². The lowest BCUT2D eigenvalue weighted by Crippen LogP contribution is -2.16. The van der Waals surface area contributed by atoms with Crippen molar-refractivity contribution in [1.29, 1.82) is 0 Å². The Bertz CT molecular complexity index is 1010. The molecule has 2 heterocycles. The van der Waals surface area contributed by atoms with Crippen molar-refractivity contribution < 1.29 is 19.4 Å². The Balaban J connectivity index is 2.08. The molecule has 0 saturated heterocycles. The first-order valence-electron chi connectivity index (χ1n) is 9.64. The van der Waals surface area contributed by atoms with E-state index in [0.717, 1.165) is 12.0 Å². The molecule has 0 aliphatic rings. The highest BCUT2D eigenvalue weighted by Gasteiger charge is 2.23. The summed E-state index contributed by atoms with van der Waals surface area (Å²) in [5, 5.41) is 14.7. The fourth-order valence-corrected chi connectivity index (χ4v) is 2.79. The molecule has 1 atom stereocenters. The van der Waals surface area contributed by atoms with Gasteiger partial charge in [-0.3, -0.25) is 0 Å². The maximum atomic E-state index is 12.3. The highest BCUT2D eigenvalue weighted by molar-refractivity contribution is 5.92. The van der Waals surface area contributed by atoms with Crippen LogP contribution in [0.15, 0.2) is 42.6 Å². The molecule has 7 nitrogen and oxygen atoms in total. The highest BCUT2D eigenvalue weighted by atomic mass is 16.5. The summed E-state index contributed by atoms with van der Waals surface area (Å²) in [6, 6.07) is 10.9. The van der Waals surface area contributed by atoms with Crippen LogP contribution in [0.1, 0.15) is 43.1 Å². The largest absolute Gasteiger partial charge is 0.507 e. The summed E-state index contributed by atoms with van der Waals surface area (Å²) in [4.78, 5) is 17.0. The lowest BCUT2D eigenvalue weighted by molar-refractivity contribution is 0.0518. The third-order valence-electron chi connectivity index (χ3n) is 4.57. The van der Waals surface area contributed by atoms with E-state index in [1.807, 2.05) is 45.0 Å². The van der Waals surface area contributed by atoms with Gasteiger partial charge in [-0.1, -0.05) is 25.1 Å². The molecule has 0 bridgehead atoms. The number of phenolic OH excluding ortho intramolecular Hbond substituents is 1. The van der Waals surface area contributed by atoms with Gasteiger partial charge in [0.05, 0.1) is 24.6 Å². The Kier molecular flexibility index (Phi) is 6.16. The fraction of sp³-hybridized carbons (Fsp3) is 0.318. The van der Waals surface area contributed by atoms with Crippen LogP contribution >= 0.6 is 0 Å². The van der Waals surface area contributed by atoms with Crippen LogP contribution in [0.5, 0.6) is 11.6 Å². The van der Waals surface area contributed by atoms with Crippen molar-refractivity contribution in [3.8, 4) is 28.7 Å². The number of hydrogen-bond acceptors (Lipinski definition) is 6. The van der Waals surface area contributed by atoms with Gasteiger partial charge in [-0.05, 0) is 51.0 Å². The number of hydrogen-bond donors (Lipinski definition) is 1. The standard InChI is InChI=1S/C22H25N3O4/c1-5-15(4)29-21-17(22(27)28-6-2)13-23-25(21)19-12-8-11-18(24-19)16-10-7-9-14(3)20(16)26/h7-13,15,26H,5-6H2,1-4H3/t15-/m1/s1. The van der Waals surface area contributed by atoms with Gasteiger partial charge < -0.3 is 14.6 Å². The summed E-state index contributed by atoms with van der Waals surface area (Å²) < 4.78 is 12.6. The van der Waals surface area contributed by atoms with Crippen LogP contribution in [0.25, 0.3) is 17.1 Å². The molecule has 0 aliphatic heterocycles. The van der Waals surface area contributed by atoms with Crippen molar-refractivity contribution in [2.75, 3.05) is 6.61 Å². The summed E-state index contributed by atoms with van der Waals surface area (Å²) >= 11 is 0. The van der Waals surface area contributed by atoms with Gasteiger partial charge in [0.15, 0.2) is 5.82 Å². The summed E-state index contributed by atoms with van der Waals surface area (Å²) in [7, 11) is 0. The number of nitrogens with zero attached hydrogens (tertiary/aromatic N) is 3. The van der Waals surface area contributed by atoms with Crippen LogP contribution in [-0.2, 0) is 4.74 Å². The third kappa shape index (κ3) is 4.23. The van der Waals surface area contributed by atoms with Crippen molar-refractivity contribution in [2.45, 2.75) is 40.2 Å². The predicted molar refractivity (Wildman–Crippen MR) is 110 cm³/mol. The Morgan fingerprint density at radius 1 is 1.21 bits per heavy atom. The molecule has 7 heteroatoms. The number of para-hydroxylation sites is 1. The summed E-state index contributed by atoms with van der Waals surface area (Å²) in [5.74, 6) is 0.443. The lowest BCUT2D eigenvalue weighted by atomic mass is 10.1. The first kappa shape index (κ1) is 20.4. The molecule has 0 fully saturated rings. The number of aromatic hydroxyl groups is 1. The third-order valence-corrected chi connectivity index (χ3v) is 4.57. The zero-order chi connectivity index (χ0) is 21.0. The second-order valence-electron chi connectivity index (χ2n) is 6.68. The molecule has 3 rings (SSSR count). The van der Waals surface area contributed by atoms with Crippen molar-refractivity contribution in [3.63, 3.8) is 0 Å². The number of aromatic nitrogens is 3. The maximum absolute atomic E-state index is 12.3. The minimum Gasteiger partial charge on any atom is -0.507 e. The molecule has 152 valence electrons. The SMILES string of the molecule is CCOC(=O)c1cnn(-c2cccc(-c3cccc(C)c3O)n2)c1O[C@H](C)CC. The summed E-state index contributed by atoms with van der Waals surface area (Å²) in [6.07, 6.45) is 2.06. The quantitative estimate of drug-likeness (QED) is 0.600. The number of ether oxygens (including phenoxy) is 2. The Morgan fingerprint density at radius 2 is 1.97 bits per heavy atom. The van der Waals surface area contributed by atoms with Crippen LogP contribution in [0.2, 0.25) is 0 Å². The number of phenols is 1. The minimum absolute atomic E-state index is 0.123. The number of pyridine rings is 1. The highest BCUT2D eigenvalue weighted by Crippen LogP contribution is 2.32. The van der Waals surface area contributed by atoms with E-state index in [-0.39, 0.29) is 29.9 Å². The van der Waals surface area contributed by atoms with E-state index in [2.05, 4.69) is 10.1 Å². The predicted octanol–water partition coefficient (Wildman–Crippen LogP) is 4.30. The van der Waals surface area contributed by atoms with Gasteiger partial charge in [-0.2, -0.15) is 9.78 Å². The zero-order valence-corrected chi connectivity index (χ0v) is 17.0. The van der Waals surface area contributed by atoms with Gasteiger partial charge in [0, 0.05) is 5.56 Å². The fourth-order valence-electron chi connectivity index (χ4n) is 2.79. The first-order chi connectivity index (χ1) is 14.0. The van der Waals surface area contributed by atoms with Gasteiger partial charge in [0.1, 0.15) is 11.3 Å². The molecule has 0 unspecified atom stereocenters. The van der Waals surface area contributed by atoms with Gasteiger partial charge in [0.25, 0.3) is 0 Å². The second kappa shape index (κ2) is 8.77. The normalized spacial score (nSPS) is 11.9. The molecular formula is C22H25N3O4. The number of rotatable bonds is 7. The average Bonchev–Trinajstić information content (AvgIpc) is 3.13. The molecule has 3 aromatic rings. The Morgan fingerprint density at radius 3 is 2.69 bits per heavy atom. The summed E-state index contributed by atoms with van der Waals surface area (Å²) in [6.45, 7) is 7.75. The van der Waals surface area contributed by atoms with E-state index in [1.165, 1.54) is 10.9 Å². The number of carbonyl (C=O) groups excluding carboxylic acids is 1. The molecular weight excluding hydrogens is 370 g/mol. The Labute approximate surface area is 169 Å². The maximum Gasteiger partial charge on any atom is 0.345 e. The zero-order valence-electron chi connectivity index (χ0n) is 17.0. The van der Waals surface area contributed by atoms with Gasteiger partial charge in [0.2, 0.25) is 5.88 Å². The molecule has 0 aliphatic carbocycles. The van der Waals surface area contributed by atoms with E-state index in [1.54, 1.807) is 19.1 Å². The number of esters is 1. The second-order valence-corrected chi connectivity index (χ2v) is 6.68. The van der Waals surface area contributed by atoms with Crippen molar-refractivity contribution in [3.05, 3.63) is 53.7 Å². The summed E-state index contributed by atoms with van der Waals surface area (Å²) in [5.41, 5.74) is 2.22. The molecule has 0 radical (unpaired) electrons. The lowest BCUT2D eigenvalue weighted by Gasteiger charge is -2.15. The number of benzene rings is 1. The van der Waals surface area contributed by atoms with E-state index < -0.39 is 5.97 Å². The van der Waals surface area contributed by atoms with E-state index in [9.17, 15) is 9.90 Å². The van der Waals surface area contributed by atoms with Crippen molar-refractivity contribution in [2.24, 2.45) is 0 Å². The topological polar surface area (TPSA) is 86.5 Å². The average molecular weight is 395 g/mol. The van der Waals surface area contributed by atoms with Crippen molar-refractivity contribution in [1.82, 2.24) is 14.8 Å². The molecule has 0 spiro atoms. The van der Waals surface area contributed by atoms with E-state index in [4.69, 9.17) is 9.47 Å². The Hall–Kier alpha value is -3.35. The number of carbonyl (C=O) groups is 1. The molecule has 0 amide bonds. The van der Waals surface area contributed by atoms with Crippen LogP contribution in [0.4, 0.5) is 0 Å². The molecule has 0 saturated carbocycles. The van der Waals surface area contributed by atoms with Crippen LogP contribution in [-0.4, -0.2) is 38.6 Å². The van der Waals surface area contributed by atoms with Gasteiger partial charge in [-0.25, -0.2) is 9.78 Å². The molecule has 2 aromatic heterocycles. The molecule has 1 N–H and O–H groups in total. The van der Waals surface area contributed by atoms with Crippen LogP contribution in [0, 0.1) is 6.92 Å². The molecule has 1 aromatic carbocycles. The van der Waals surface area contributed by atoms with E-state index >= 15 is 0 Å². The minimum atomic E-state index is -0.496. The number of aryl methyl sites for hydroxylation is 1. The van der Waals surface area contributed by atoms with Gasteiger partial charge >= 0.3 is 5.97 Å².